The number of amidine groups is 1. The first kappa shape index (κ1) is 22.5. The van der Waals surface area contributed by atoms with Crippen molar-refractivity contribution < 1.29 is 21.6 Å². The molecule has 3 aromatic carbocycles. The second kappa shape index (κ2) is 8.34. The molecule has 1 aliphatic heterocycles. The van der Waals surface area contributed by atoms with Crippen molar-refractivity contribution in [1.29, 1.82) is 0 Å². The van der Waals surface area contributed by atoms with Crippen molar-refractivity contribution >= 4 is 48.9 Å². The Kier molecular flexibility index (Phi) is 5.68. The number of carbonyl (C=O) groups is 1. The molecule has 33 heavy (non-hydrogen) atoms. The molecule has 0 unspecified atom stereocenters. The number of benzene rings is 3. The summed E-state index contributed by atoms with van der Waals surface area (Å²) < 4.78 is 53.6. The van der Waals surface area contributed by atoms with Crippen LogP contribution in [0.3, 0.4) is 0 Å². The van der Waals surface area contributed by atoms with Gasteiger partial charge >= 0.3 is 0 Å². The normalized spacial score (nSPS) is 14.2. The molecule has 0 aliphatic carbocycles. The van der Waals surface area contributed by atoms with Gasteiger partial charge in [-0.1, -0.05) is 18.2 Å². The monoisotopic (exact) mass is 484 g/mol. The van der Waals surface area contributed by atoms with Crippen LogP contribution >= 0.6 is 0 Å². The van der Waals surface area contributed by atoms with Gasteiger partial charge < -0.3 is 10.6 Å². The maximum Gasteiger partial charge on any atom is 0.285 e. The predicted octanol–water partition coefficient (Wildman–Crippen LogP) is 3.18. The average molecular weight is 485 g/mol. The molecular formula is C22H20N4O5S2. The summed E-state index contributed by atoms with van der Waals surface area (Å²) in [6.45, 7) is 1.75. The number of nitrogens with zero attached hydrogens (tertiary/aromatic N) is 1. The van der Waals surface area contributed by atoms with E-state index >= 15 is 0 Å². The number of fused-ring (bicyclic) bond motifs is 1. The first-order valence-corrected chi connectivity index (χ1v) is 13.1. The fraction of sp³-hybridized carbons (Fsp3) is 0.0909. The van der Waals surface area contributed by atoms with Gasteiger partial charge in [-0.05, 0) is 61.0 Å². The first-order valence-electron chi connectivity index (χ1n) is 9.73. The van der Waals surface area contributed by atoms with Crippen LogP contribution in [0.5, 0.6) is 0 Å². The molecule has 0 radical (unpaired) electrons. The van der Waals surface area contributed by atoms with E-state index in [-0.39, 0.29) is 16.6 Å². The van der Waals surface area contributed by atoms with Gasteiger partial charge in [0.05, 0.1) is 11.9 Å². The summed E-state index contributed by atoms with van der Waals surface area (Å²) in [5.41, 5.74) is 2.93. The fourth-order valence-corrected chi connectivity index (χ4v) is 5.05. The van der Waals surface area contributed by atoms with E-state index in [1.807, 2.05) is 0 Å². The summed E-state index contributed by atoms with van der Waals surface area (Å²) in [4.78, 5) is 12.8. The van der Waals surface area contributed by atoms with Gasteiger partial charge in [-0.3, -0.25) is 9.52 Å². The summed E-state index contributed by atoms with van der Waals surface area (Å²) in [5, 5.41) is 5.71. The Bertz CT molecular complexity index is 1500. The lowest BCUT2D eigenvalue weighted by Crippen LogP contribution is -2.14. The van der Waals surface area contributed by atoms with Crippen molar-refractivity contribution in [3.8, 4) is 0 Å². The summed E-state index contributed by atoms with van der Waals surface area (Å²) in [6.07, 6.45) is 1.05. The van der Waals surface area contributed by atoms with Crippen LogP contribution in [0, 0.1) is 6.92 Å². The summed E-state index contributed by atoms with van der Waals surface area (Å²) >= 11 is 0. The summed E-state index contributed by atoms with van der Waals surface area (Å²) in [7, 11) is -7.19. The number of aryl methyl sites for hydroxylation is 1. The van der Waals surface area contributed by atoms with E-state index in [9.17, 15) is 21.6 Å². The minimum Gasteiger partial charge on any atom is -0.339 e. The molecule has 0 saturated carbocycles. The molecule has 0 aromatic heterocycles. The zero-order chi connectivity index (χ0) is 23.8. The molecule has 11 heteroatoms. The molecule has 0 fully saturated rings. The number of anilines is 3. The number of hydrogen-bond donors (Lipinski definition) is 3. The minimum absolute atomic E-state index is 0.145. The highest BCUT2D eigenvalue weighted by molar-refractivity contribution is 7.92. The van der Waals surface area contributed by atoms with E-state index in [1.54, 1.807) is 67.6 Å². The molecular weight excluding hydrogens is 464 g/mol. The van der Waals surface area contributed by atoms with Gasteiger partial charge in [-0.15, -0.1) is 4.40 Å². The zero-order valence-corrected chi connectivity index (χ0v) is 19.3. The Hall–Kier alpha value is -3.70. The molecule has 3 aromatic rings. The molecule has 0 atom stereocenters. The van der Waals surface area contributed by atoms with E-state index in [0.29, 0.717) is 33.8 Å². The Labute approximate surface area is 191 Å². The van der Waals surface area contributed by atoms with Crippen LogP contribution in [0.4, 0.5) is 17.1 Å². The number of sulfonamides is 2. The summed E-state index contributed by atoms with van der Waals surface area (Å²) in [6, 6.07) is 17.9. The quantitative estimate of drug-likeness (QED) is 0.509. The number of amides is 1. The van der Waals surface area contributed by atoms with Crippen molar-refractivity contribution in [2.75, 3.05) is 21.6 Å². The maximum absolute atomic E-state index is 12.6. The van der Waals surface area contributed by atoms with Crippen molar-refractivity contribution in [1.82, 2.24) is 0 Å². The van der Waals surface area contributed by atoms with Crippen LogP contribution in [-0.2, 0) is 20.0 Å². The van der Waals surface area contributed by atoms with Gasteiger partial charge in [0, 0.05) is 22.5 Å². The lowest BCUT2D eigenvalue weighted by molar-refractivity contribution is 0.102. The van der Waals surface area contributed by atoms with Gasteiger partial charge in [0.1, 0.15) is 4.90 Å². The smallest absolute Gasteiger partial charge is 0.285 e. The van der Waals surface area contributed by atoms with Gasteiger partial charge in [-0.25, -0.2) is 8.42 Å². The second-order valence-corrected chi connectivity index (χ2v) is 10.8. The molecule has 1 amide bonds. The molecule has 1 aliphatic rings. The van der Waals surface area contributed by atoms with Gasteiger partial charge in [0.25, 0.3) is 15.9 Å². The van der Waals surface area contributed by atoms with Crippen LogP contribution in [-0.4, -0.2) is 34.8 Å². The molecule has 0 spiro atoms. The molecule has 1 heterocycles. The van der Waals surface area contributed by atoms with E-state index < -0.39 is 20.0 Å². The van der Waals surface area contributed by atoms with E-state index in [1.165, 1.54) is 6.07 Å². The fourth-order valence-electron chi connectivity index (χ4n) is 3.25. The van der Waals surface area contributed by atoms with Crippen LogP contribution < -0.4 is 15.4 Å². The van der Waals surface area contributed by atoms with Crippen LogP contribution in [0.15, 0.2) is 76.0 Å². The van der Waals surface area contributed by atoms with Crippen molar-refractivity contribution in [2.45, 2.75) is 11.8 Å². The Morgan fingerprint density at radius 3 is 2.30 bits per heavy atom. The predicted molar refractivity (Wildman–Crippen MR) is 128 cm³/mol. The Morgan fingerprint density at radius 2 is 1.61 bits per heavy atom. The van der Waals surface area contributed by atoms with E-state index in [2.05, 4.69) is 19.8 Å². The average Bonchev–Trinajstić information content (AvgIpc) is 3.00. The molecule has 170 valence electrons. The third kappa shape index (κ3) is 5.04. The van der Waals surface area contributed by atoms with Gasteiger partial charge in [0.15, 0.2) is 5.84 Å². The highest BCUT2D eigenvalue weighted by Gasteiger charge is 2.28. The SMILES string of the molecule is Cc1ccc(NC(=O)c2ccc(NC3=NS(=O)(=O)c4ccccc43)cc2)cc1NS(C)(=O)=O. The van der Waals surface area contributed by atoms with Crippen molar-refractivity contribution in [3.05, 3.63) is 83.4 Å². The van der Waals surface area contributed by atoms with Crippen molar-refractivity contribution in [2.24, 2.45) is 4.40 Å². The standard InChI is InChI=1S/C22H20N4O5S2/c1-14-7-10-17(13-19(14)25-32(2,28)29)24-22(27)15-8-11-16(12-9-15)23-21-18-5-3-4-6-20(18)33(30,31)26-21/h3-13,25H,1-2H3,(H,23,26)(H,24,27). The Morgan fingerprint density at radius 1 is 0.939 bits per heavy atom. The highest BCUT2D eigenvalue weighted by atomic mass is 32.2. The third-order valence-corrected chi connectivity index (χ3v) is 6.76. The number of hydrogen-bond acceptors (Lipinski definition) is 6. The Balaban J connectivity index is 1.48. The van der Waals surface area contributed by atoms with Crippen LogP contribution in [0.1, 0.15) is 21.5 Å². The number of carbonyl (C=O) groups excluding carboxylic acids is 1. The minimum atomic E-state index is -3.73. The molecule has 0 bridgehead atoms. The lowest BCUT2D eigenvalue weighted by atomic mass is 10.1. The van der Waals surface area contributed by atoms with Gasteiger partial charge in [-0.2, -0.15) is 8.42 Å². The van der Waals surface area contributed by atoms with Crippen molar-refractivity contribution in [3.63, 3.8) is 0 Å². The second-order valence-electron chi connectivity index (χ2n) is 7.47. The zero-order valence-electron chi connectivity index (χ0n) is 17.7. The molecule has 0 saturated heterocycles. The third-order valence-electron chi connectivity index (χ3n) is 4.83. The molecule has 9 nitrogen and oxygen atoms in total. The van der Waals surface area contributed by atoms with E-state index in [4.69, 9.17) is 0 Å². The number of nitrogens with one attached hydrogen (secondary N) is 3. The lowest BCUT2D eigenvalue weighted by Gasteiger charge is -2.12. The molecule has 3 N–H and O–H groups in total. The van der Waals surface area contributed by atoms with E-state index in [0.717, 1.165) is 6.26 Å². The topological polar surface area (TPSA) is 134 Å². The summed E-state index contributed by atoms with van der Waals surface area (Å²) in [5.74, 6) is -0.171. The maximum atomic E-state index is 12.6. The first-order chi connectivity index (χ1) is 15.5. The number of rotatable bonds is 5. The van der Waals surface area contributed by atoms with Gasteiger partial charge in [0.2, 0.25) is 10.0 Å². The molecule has 4 rings (SSSR count). The largest absolute Gasteiger partial charge is 0.339 e. The highest BCUT2D eigenvalue weighted by Crippen LogP contribution is 2.27. The van der Waals surface area contributed by atoms with Crippen LogP contribution in [0.2, 0.25) is 0 Å². The van der Waals surface area contributed by atoms with Crippen LogP contribution in [0.25, 0.3) is 0 Å².